The Morgan fingerprint density at radius 3 is 1.79 bits per heavy atom. The smallest absolute Gasteiger partial charge is 0.285 e. The molecule has 88 valence electrons. The van der Waals surface area contributed by atoms with E-state index >= 15 is 0 Å². The first-order chi connectivity index (χ1) is 6.19. The van der Waals surface area contributed by atoms with Crippen molar-refractivity contribution >= 4 is 10.1 Å². The summed E-state index contributed by atoms with van der Waals surface area (Å²) in [4.78, 5) is 0. The number of hydrogen-bond donors (Lipinski definition) is 3. The maximum Gasteiger partial charge on any atom is 0.407 e. The lowest BCUT2D eigenvalue weighted by Gasteiger charge is -2.15. The molecule has 0 aliphatic carbocycles. The van der Waals surface area contributed by atoms with E-state index in [4.69, 9.17) is 4.55 Å². The normalized spacial score (nSPS) is 14.2. The van der Waals surface area contributed by atoms with Crippen molar-refractivity contribution < 1.29 is 26.1 Å². The second-order valence-corrected chi connectivity index (χ2v) is 3.93. The molecule has 1 atom stereocenters. The van der Waals surface area contributed by atoms with E-state index in [1.165, 1.54) is 6.92 Å². The maximum absolute atomic E-state index is 11.9. The fourth-order valence-electron chi connectivity index (χ4n) is 0.744. The summed E-state index contributed by atoms with van der Waals surface area (Å²) in [6, 6.07) is 0. The van der Waals surface area contributed by atoms with Gasteiger partial charge in [0, 0.05) is 0 Å². The molecule has 0 bridgehead atoms. The van der Waals surface area contributed by atoms with Gasteiger partial charge >= 0.3 is 6.18 Å². The largest absolute Gasteiger partial charge is 0.407 e. The molecule has 5 nitrogen and oxygen atoms in total. The van der Waals surface area contributed by atoms with Crippen LogP contribution in [0.4, 0.5) is 13.2 Å². The van der Waals surface area contributed by atoms with E-state index in [0.29, 0.717) is 0 Å². The summed E-state index contributed by atoms with van der Waals surface area (Å²) in [5.74, 6) is 8.00. The number of nitrogens with two attached hydrogens (primary N) is 2. The molecule has 0 spiro atoms. The molecule has 0 aliphatic heterocycles. The maximum atomic E-state index is 11.9. The van der Waals surface area contributed by atoms with Crippen LogP contribution in [-0.4, -0.2) is 24.4 Å². The van der Waals surface area contributed by atoms with E-state index < -0.39 is 28.0 Å². The molecule has 0 aliphatic rings. The predicted molar refractivity (Wildman–Crippen MR) is 44.7 cm³/mol. The van der Waals surface area contributed by atoms with Gasteiger partial charge in [-0.1, -0.05) is 13.3 Å². The molecule has 5 N–H and O–H groups in total. The molecule has 0 rings (SSSR count). The van der Waals surface area contributed by atoms with Crippen LogP contribution in [0.1, 0.15) is 19.8 Å². The molecule has 1 unspecified atom stereocenters. The first kappa shape index (κ1) is 16.1. The highest BCUT2D eigenvalue weighted by molar-refractivity contribution is 7.86. The molecule has 0 fully saturated rings. The van der Waals surface area contributed by atoms with Crippen LogP contribution in [0.3, 0.4) is 0 Å². The van der Waals surface area contributed by atoms with Crippen molar-refractivity contribution in [2.45, 2.75) is 31.2 Å². The average Bonchev–Trinajstić information content (AvgIpc) is 2.00. The molecule has 0 saturated heterocycles. The van der Waals surface area contributed by atoms with Crippen LogP contribution >= 0.6 is 0 Å². The molecule has 0 aromatic heterocycles. The highest BCUT2D eigenvalue weighted by Crippen LogP contribution is 2.28. The van der Waals surface area contributed by atoms with Crippen LogP contribution in [0, 0.1) is 0 Å². The SMILES string of the molecule is CCCC(C(F)(F)F)S(=O)(=O)O.NN. The topological polar surface area (TPSA) is 106 Å². The van der Waals surface area contributed by atoms with Crippen molar-refractivity contribution in [3.05, 3.63) is 0 Å². The molecule has 0 heterocycles. The van der Waals surface area contributed by atoms with E-state index in [0.717, 1.165) is 0 Å². The van der Waals surface area contributed by atoms with Crippen molar-refractivity contribution in [1.29, 1.82) is 0 Å². The molecule has 0 amide bonds. The summed E-state index contributed by atoms with van der Waals surface area (Å²) in [5.41, 5.74) is 0. The van der Waals surface area contributed by atoms with Gasteiger partial charge in [-0.3, -0.25) is 16.2 Å². The summed E-state index contributed by atoms with van der Waals surface area (Å²) in [5, 5.41) is -2.64. The molecule has 0 aromatic rings. The second kappa shape index (κ2) is 6.17. The monoisotopic (exact) mass is 238 g/mol. The van der Waals surface area contributed by atoms with Gasteiger partial charge < -0.3 is 0 Å². The molecular formula is C5H13F3N2O3S. The summed E-state index contributed by atoms with van der Waals surface area (Å²) >= 11 is 0. The molecule has 0 aromatic carbocycles. The van der Waals surface area contributed by atoms with E-state index in [1.54, 1.807) is 0 Å². The molecule has 0 radical (unpaired) electrons. The zero-order valence-electron chi connectivity index (χ0n) is 7.45. The van der Waals surface area contributed by atoms with Gasteiger partial charge in [0.2, 0.25) is 0 Å². The lowest BCUT2D eigenvalue weighted by Crippen LogP contribution is -2.36. The Labute approximate surface area is 80.0 Å². The van der Waals surface area contributed by atoms with Gasteiger partial charge in [-0.25, -0.2) is 0 Å². The van der Waals surface area contributed by atoms with Crippen LogP contribution in [0.15, 0.2) is 0 Å². The van der Waals surface area contributed by atoms with Gasteiger partial charge in [0.25, 0.3) is 10.1 Å². The quantitative estimate of drug-likeness (QED) is 0.375. The first-order valence-electron chi connectivity index (χ1n) is 3.56. The summed E-state index contributed by atoms with van der Waals surface area (Å²) in [6.07, 6.45) is -5.45. The Balaban J connectivity index is 0. The van der Waals surface area contributed by atoms with Gasteiger partial charge in [0.15, 0.2) is 5.25 Å². The number of hydrogen-bond acceptors (Lipinski definition) is 4. The molecule has 14 heavy (non-hydrogen) atoms. The predicted octanol–water partition coefficient (Wildman–Crippen LogP) is 0.424. The Morgan fingerprint density at radius 2 is 1.71 bits per heavy atom. The van der Waals surface area contributed by atoms with E-state index in [-0.39, 0.29) is 6.42 Å². The van der Waals surface area contributed by atoms with Crippen LogP contribution < -0.4 is 11.7 Å². The van der Waals surface area contributed by atoms with Crippen LogP contribution in [0.25, 0.3) is 0 Å². The Hall–Kier alpha value is -0.380. The van der Waals surface area contributed by atoms with E-state index in [2.05, 4.69) is 11.7 Å². The number of rotatable bonds is 3. The Bertz CT molecular complexity index is 239. The van der Waals surface area contributed by atoms with Crippen LogP contribution in [0.5, 0.6) is 0 Å². The molecular weight excluding hydrogens is 225 g/mol. The highest BCUT2D eigenvalue weighted by atomic mass is 32.2. The van der Waals surface area contributed by atoms with Crippen LogP contribution in [0.2, 0.25) is 0 Å². The van der Waals surface area contributed by atoms with Gasteiger partial charge in [-0.15, -0.1) is 0 Å². The Kier molecular flexibility index (Phi) is 7.08. The van der Waals surface area contributed by atoms with Gasteiger partial charge in [-0.05, 0) is 6.42 Å². The molecule has 0 saturated carbocycles. The zero-order valence-corrected chi connectivity index (χ0v) is 8.27. The van der Waals surface area contributed by atoms with Crippen molar-refractivity contribution in [3.8, 4) is 0 Å². The third-order valence-electron chi connectivity index (χ3n) is 1.28. The molecule has 9 heteroatoms. The summed E-state index contributed by atoms with van der Waals surface area (Å²) < 4.78 is 64.2. The van der Waals surface area contributed by atoms with Gasteiger partial charge in [0.1, 0.15) is 0 Å². The summed E-state index contributed by atoms with van der Waals surface area (Å²) in [7, 11) is -5.01. The second-order valence-electron chi connectivity index (χ2n) is 2.33. The van der Waals surface area contributed by atoms with Crippen molar-refractivity contribution in [1.82, 2.24) is 0 Å². The highest BCUT2D eigenvalue weighted by Gasteiger charge is 2.47. The minimum atomic E-state index is -5.01. The number of hydrazine groups is 1. The third-order valence-corrected chi connectivity index (χ3v) is 2.50. The third kappa shape index (κ3) is 6.13. The van der Waals surface area contributed by atoms with Crippen molar-refractivity contribution in [3.63, 3.8) is 0 Å². The van der Waals surface area contributed by atoms with E-state index in [9.17, 15) is 21.6 Å². The summed E-state index contributed by atoms with van der Waals surface area (Å²) in [6.45, 7) is 1.41. The van der Waals surface area contributed by atoms with Gasteiger partial charge in [-0.2, -0.15) is 21.6 Å². The zero-order chi connectivity index (χ0) is 12.0. The van der Waals surface area contributed by atoms with E-state index in [1.807, 2.05) is 0 Å². The lowest BCUT2D eigenvalue weighted by atomic mass is 10.2. The average molecular weight is 238 g/mol. The standard InChI is InChI=1S/C5H9F3O3S.H4N2/c1-2-3-4(5(6,7)8)12(9,10)11;1-2/h4H,2-3H2,1H3,(H,9,10,11);1-2H2. The minimum Gasteiger partial charge on any atom is -0.285 e. The number of alkyl halides is 3. The fraction of sp³-hybridized carbons (Fsp3) is 1.00. The Morgan fingerprint density at radius 1 is 1.36 bits per heavy atom. The fourth-order valence-corrected chi connectivity index (χ4v) is 1.61. The minimum absolute atomic E-state index is 0.0456. The van der Waals surface area contributed by atoms with Gasteiger partial charge in [0.05, 0.1) is 0 Å². The first-order valence-corrected chi connectivity index (χ1v) is 5.06. The lowest BCUT2D eigenvalue weighted by molar-refractivity contribution is -0.132. The van der Waals surface area contributed by atoms with Crippen molar-refractivity contribution in [2.75, 3.05) is 0 Å². The van der Waals surface area contributed by atoms with Crippen LogP contribution in [-0.2, 0) is 10.1 Å². The number of halogens is 3. The van der Waals surface area contributed by atoms with Crippen molar-refractivity contribution in [2.24, 2.45) is 11.7 Å².